The fourth-order valence-electron chi connectivity index (χ4n) is 3.31. The van der Waals surface area contributed by atoms with Gasteiger partial charge in [0, 0.05) is 0 Å². The Morgan fingerprint density at radius 3 is 2.06 bits per heavy atom. The van der Waals surface area contributed by atoms with Crippen molar-refractivity contribution in [2.75, 3.05) is 0 Å². The molecule has 0 heteroatoms. The fraction of sp³-hybridized carbons (Fsp3) is 1.00. The summed E-state index contributed by atoms with van der Waals surface area (Å²) in [7, 11) is 0. The van der Waals surface area contributed by atoms with Crippen molar-refractivity contribution in [2.24, 2.45) is 17.3 Å². The van der Waals surface area contributed by atoms with Gasteiger partial charge in [-0.2, -0.15) is 0 Å². The maximum absolute atomic E-state index is 2.49. The van der Waals surface area contributed by atoms with Gasteiger partial charge in [0.25, 0.3) is 0 Å². The lowest BCUT2D eigenvalue weighted by molar-refractivity contribution is 0.199. The summed E-state index contributed by atoms with van der Waals surface area (Å²) in [5.41, 5.74) is 0.596. The maximum atomic E-state index is 2.49. The molecule has 3 unspecified atom stereocenters. The predicted octanol–water partition coefficient (Wildman–Crippen LogP) is 6.45. The van der Waals surface area contributed by atoms with Crippen LogP contribution in [-0.2, 0) is 0 Å². The predicted molar refractivity (Wildman–Crippen MR) is 80.4 cm³/mol. The van der Waals surface area contributed by atoms with Crippen LogP contribution in [0.25, 0.3) is 0 Å². The highest BCUT2D eigenvalue weighted by molar-refractivity contribution is 4.75. The van der Waals surface area contributed by atoms with Crippen LogP contribution in [0.2, 0.25) is 0 Å². The molecule has 104 valence electrons. The Morgan fingerprint density at radius 2 is 1.59 bits per heavy atom. The molecule has 0 nitrogen and oxygen atoms in total. The SMILES string of the molecule is CCCCC(C)CC(C)CC(C)(CC)CCC. The lowest BCUT2D eigenvalue weighted by Gasteiger charge is -2.32. The number of hydrogen-bond acceptors (Lipinski definition) is 0. The van der Waals surface area contributed by atoms with Crippen LogP contribution in [-0.4, -0.2) is 0 Å². The zero-order valence-corrected chi connectivity index (χ0v) is 13.3. The highest BCUT2D eigenvalue weighted by Crippen LogP contribution is 2.36. The summed E-state index contributed by atoms with van der Waals surface area (Å²) in [6.07, 6.45) is 11.1. The summed E-state index contributed by atoms with van der Waals surface area (Å²) in [4.78, 5) is 0. The van der Waals surface area contributed by atoms with Crippen LogP contribution >= 0.6 is 0 Å². The molecule has 0 fully saturated rings. The second-order valence-electron chi connectivity index (χ2n) is 6.71. The highest BCUT2D eigenvalue weighted by atomic mass is 14.3. The lowest BCUT2D eigenvalue weighted by Crippen LogP contribution is -2.19. The third-order valence-corrected chi connectivity index (χ3v) is 4.40. The van der Waals surface area contributed by atoms with Gasteiger partial charge in [0.1, 0.15) is 0 Å². The first-order valence-electron chi connectivity index (χ1n) is 7.97. The number of unbranched alkanes of at least 4 members (excludes halogenated alkanes) is 1. The largest absolute Gasteiger partial charge is 0.0654 e. The van der Waals surface area contributed by atoms with Gasteiger partial charge in [0.15, 0.2) is 0 Å². The first kappa shape index (κ1) is 17.0. The highest BCUT2D eigenvalue weighted by Gasteiger charge is 2.24. The van der Waals surface area contributed by atoms with Crippen molar-refractivity contribution in [3.8, 4) is 0 Å². The summed E-state index contributed by atoms with van der Waals surface area (Å²) < 4.78 is 0. The van der Waals surface area contributed by atoms with Gasteiger partial charge in [0.2, 0.25) is 0 Å². The van der Waals surface area contributed by atoms with Crippen molar-refractivity contribution < 1.29 is 0 Å². The molecule has 0 rings (SSSR count). The van der Waals surface area contributed by atoms with Crippen molar-refractivity contribution >= 4 is 0 Å². The monoisotopic (exact) mass is 240 g/mol. The van der Waals surface area contributed by atoms with E-state index in [4.69, 9.17) is 0 Å². The molecule has 0 aliphatic heterocycles. The molecule has 0 aromatic carbocycles. The smallest absolute Gasteiger partial charge is 0.0326 e. The molecule has 0 heterocycles. The van der Waals surface area contributed by atoms with E-state index in [2.05, 4.69) is 41.5 Å². The molecule has 0 bridgehead atoms. The Labute approximate surface area is 111 Å². The first-order valence-corrected chi connectivity index (χ1v) is 7.97. The Balaban J connectivity index is 4.01. The van der Waals surface area contributed by atoms with Crippen molar-refractivity contribution in [2.45, 2.75) is 92.9 Å². The summed E-state index contributed by atoms with van der Waals surface area (Å²) in [6.45, 7) is 14.4. The standard InChI is InChI=1S/C17H36/c1-7-10-11-15(4)13-16(5)14-17(6,9-3)12-8-2/h15-16H,7-14H2,1-6H3. The molecule has 0 N–H and O–H groups in total. The van der Waals surface area contributed by atoms with Crippen LogP contribution in [0.1, 0.15) is 92.9 Å². The van der Waals surface area contributed by atoms with E-state index in [1.807, 2.05) is 0 Å². The molecule has 0 saturated heterocycles. The molecular weight excluding hydrogens is 204 g/mol. The Bertz CT molecular complexity index is 173. The summed E-state index contributed by atoms with van der Waals surface area (Å²) in [5, 5.41) is 0. The van der Waals surface area contributed by atoms with Gasteiger partial charge in [0.05, 0.1) is 0 Å². The average molecular weight is 240 g/mol. The minimum Gasteiger partial charge on any atom is -0.0654 e. The second-order valence-corrected chi connectivity index (χ2v) is 6.71. The minimum absolute atomic E-state index is 0.596. The molecule has 0 aromatic rings. The summed E-state index contributed by atoms with van der Waals surface area (Å²) in [6, 6.07) is 0. The van der Waals surface area contributed by atoms with E-state index >= 15 is 0 Å². The molecule has 17 heavy (non-hydrogen) atoms. The molecule has 0 radical (unpaired) electrons. The van der Waals surface area contributed by atoms with Crippen LogP contribution in [0.5, 0.6) is 0 Å². The van der Waals surface area contributed by atoms with E-state index in [9.17, 15) is 0 Å². The molecule has 0 spiro atoms. The van der Waals surface area contributed by atoms with E-state index in [-0.39, 0.29) is 0 Å². The Morgan fingerprint density at radius 1 is 0.941 bits per heavy atom. The summed E-state index contributed by atoms with van der Waals surface area (Å²) in [5.74, 6) is 1.83. The van der Waals surface area contributed by atoms with Crippen LogP contribution in [0.15, 0.2) is 0 Å². The van der Waals surface area contributed by atoms with Gasteiger partial charge in [-0.15, -0.1) is 0 Å². The van der Waals surface area contributed by atoms with Crippen molar-refractivity contribution in [1.29, 1.82) is 0 Å². The second kappa shape index (κ2) is 9.00. The van der Waals surface area contributed by atoms with Gasteiger partial charge in [-0.1, -0.05) is 73.6 Å². The Hall–Kier alpha value is 0. The van der Waals surface area contributed by atoms with Crippen LogP contribution in [0.3, 0.4) is 0 Å². The van der Waals surface area contributed by atoms with Gasteiger partial charge in [-0.3, -0.25) is 0 Å². The maximum Gasteiger partial charge on any atom is -0.0326 e. The zero-order chi connectivity index (χ0) is 13.3. The molecule has 0 aliphatic carbocycles. The molecule has 0 aliphatic rings. The molecule has 0 aromatic heterocycles. The molecule has 0 saturated carbocycles. The van der Waals surface area contributed by atoms with Gasteiger partial charge in [-0.05, 0) is 36.5 Å². The van der Waals surface area contributed by atoms with Gasteiger partial charge >= 0.3 is 0 Å². The fourth-order valence-corrected chi connectivity index (χ4v) is 3.31. The number of hydrogen-bond donors (Lipinski definition) is 0. The van der Waals surface area contributed by atoms with E-state index in [1.54, 1.807) is 0 Å². The third-order valence-electron chi connectivity index (χ3n) is 4.40. The van der Waals surface area contributed by atoms with Gasteiger partial charge < -0.3 is 0 Å². The van der Waals surface area contributed by atoms with Crippen LogP contribution < -0.4 is 0 Å². The molecule has 3 atom stereocenters. The van der Waals surface area contributed by atoms with Gasteiger partial charge in [-0.25, -0.2) is 0 Å². The van der Waals surface area contributed by atoms with E-state index in [1.165, 1.54) is 51.4 Å². The van der Waals surface area contributed by atoms with Crippen LogP contribution in [0.4, 0.5) is 0 Å². The van der Waals surface area contributed by atoms with Crippen molar-refractivity contribution in [3.05, 3.63) is 0 Å². The zero-order valence-electron chi connectivity index (χ0n) is 13.3. The number of rotatable bonds is 10. The van der Waals surface area contributed by atoms with E-state index < -0.39 is 0 Å². The topological polar surface area (TPSA) is 0 Å². The lowest BCUT2D eigenvalue weighted by atomic mass is 9.74. The van der Waals surface area contributed by atoms with Crippen molar-refractivity contribution in [3.63, 3.8) is 0 Å². The third kappa shape index (κ3) is 7.84. The van der Waals surface area contributed by atoms with Crippen molar-refractivity contribution in [1.82, 2.24) is 0 Å². The molecular formula is C17H36. The Kier molecular flexibility index (Phi) is 9.00. The van der Waals surface area contributed by atoms with Crippen LogP contribution in [0, 0.1) is 17.3 Å². The van der Waals surface area contributed by atoms with E-state index in [0.29, 0.717) is 5.41 Å². The minimum atomic E-state index is 0.596. The normalized spacial score (nSPS) is 18.7. The quantitative estimate of drug-likeness (QED) is 0.412. The first-order chi connectivity index (χ1) is 7.97. The summed E-state index contributed by atoms with van der Waals surface area (Å²) >= 11 is 0. The van der Waals surface area contributed by atoms with E-state index in [0.717, 1.165) is 11.8 Å². The molecule has 0 amide bonds. The average Bonchev–Trinajstić information content (AvgIpc) is 2.26.